The number of unbranched alkanes of at least 4 members (excludes halogenated alkanes) is 2. The Balaban J connectivity index is 0. The summed E-state index contributed by atoms with van der Waals surface area (Å²) in [6.07, 6.45) is 4.59. The average Bonchev–Trinajstić information content (AvgIpc) is 2.20. The molecule has 0 aromatic rings. The molecule has 14 heavy (non-hydrogen) atoms. The van der Waals surface area contributed by atoms with E-state index in [0.717, 1.165) is 25.7 Å². The Labute approximate surface area is 87.5 Å². The molecule has 0 saturated carbocycles. The van der Waals surface area contributed by atoms with Crippen LogP contribution in [0.15, 0.2) is 0 Å². The molecule has 0 heterocycles. The predicted molar refractivity (Wildman–Crippen MR) is 58.2 cm³/mol. The molecule has 0 aliphatic rings. The molecule has 0 fully saturated rings. The molecule has 0 saturated heterocycles. The SMILES string of the molecule is CCCCO.CCCCOC(=O)CC. The highest BCUT2D eigenvalue weighted by molar-refractivity contribution is 5.68. The second-order valence-corrected chi connectivity index (χ2v) is 3.00. The van der Waals surface area contributed by atoms with Crippen LogP contribution >= 0.6 is 0 Å². The third-order valence-corrected chi connectivity index (χ3v) is 1.56. The van der Waals surface area contributed by atoms with Crippen molar-refractivity contribution in [1.82, 2.24) is 0 Å². The highest BCUT2D eigenvalue weighted by Crippen LogP contribution is 1.90. The van der Waals surface area contributed by atoms with Crippen LogP contribution in [0.5, 0.6) is 0 Å². The lowest BCUT2D eigenvalue weighted by atomic mass is 10.4. The van der Waals surface area contributed by atoms with Crippen LogP contribution in [-0.4, -0.2) is 24.3 Å². The standard InChI is InChI=1S/C7H14O2.C4H10O/c1-3-5-6-9-7(8)4-2;1-2-3-4-5/h3-6H2,1-2H3;5H,2-4H2,1H3. The van der Waals surface area contributed by atoms with Crippen LogP contribution in [-0.2, 0) is 9.53 Å². The van der Waals surface area contributed by atoms with Gasteiger partial charge in [-0.3, -0.25) is 4.79 Å². The van der Waals surface area contributed by atoms with Gasteiger partial charge in [-0.1, -0.05) is 33.6 Å². The first-order chi connectivity index (χ1) is 6.72. The first-order valence-corrected chi connectivity index (χ1v) is 5.49. The summed E-state index contributed by atoms with van der Waals surface area (Å²) in [7, 11) is 0. The van der Waals surface area contributed by atoms with Gasteiger partial charge in [0.1, 0.15) is 0 Å². The minimum absolute atomic E-state index is 0.0940. The Kier molecular flexibility index (Phi) is 16.9. The van der Waals surface area contributed by atoms with E-state index in [1.807, 2.05) is 0 Å². The molecule has 1 N–H and O–H groups in total. The summed E-state index contributed by atoms with van der Waals surface area (Å²) in [5.41, 5.74) is 0. The Hall–Kier alpha value is -0.570. The highest BCUT2D eigenvalue weighted by Gasteiger charge is 1.94. The Morgan fingerprint density at radius 3 is 2.00 bits per heavy atom. The molecule has 0 bridgehead atoms. The molecule has 3 nitrogen and oxygen atoms in total. The van der Waals surface area contributed by atoms with Gasteiger partial charge >= 0.3 is 5.97 Å². The first kappa shape index (κ1) is 15.9. The summed E-state index contributed by atoms with van der Waals surface area (Å²) in [6, 6.07) is 0. The number of aliphatic hydroxyl groups excluding tert-OH is 1. The minimum atomic E-state index is -0.0940. The molecule has 0 aliphatic carbocycles. The molecule has 0 radical (unpaired) electrons. The summed E-state index contributed by atoms with van der Waals surface area (Å²) in [4.78, 5) is 10.5. The van der Waals surface area contributed by atoms with E-state index in [9.17, 15) is 4.79 Å². The Morgan fingerprint density at radius 1 is 1.14 bits per heavy atom. The van der Waals surface area contributed by atoms with E-state index in [1.165, 1.54) is 0 Å². The summed E-state index contributed by atoms with van der Waals surface area (Å²) < 4.78 is 4.79. The van der Waals surface area contributed by atoms with E-state index < -0.39 is 0 Å². The molecule has 0 rings (SSSR count). The van der Waals surface area contributed by atoms with E-state index in [1.54, 1.807) is 6.92 Å². The van der Waals surface area contributed by atoms with Gasteiger partial charge < -0.3 is 9.84 Å². The Bertz CT molecular complexity index is 111. The van der Waals surface area contributed by atoms with Crippen molar-refractivity contribution in [3.8, 4) is 0 Å². The van der Waals surface area contributed by atoms with Gasteiger partial charge in [-0.25, -0.2) is 0 Å². The molecule has 86 valence electrons. The molecule has 0 spiro atoms. The van der Waals surface area contributed by atoms with E-state index in [0.29, 0.717) is 19.6 Å². The van der Waals surface area contributed by atoms with Crippen molar-refractivity contribution in [3.05, 3.63) is 0 Å². The molecule has 0 atom stereocenters. The van der Waals surface area contributed by atoms with E-state index in [-0.39, 0.29) is 5.97 Å². The molecule has 0 aromatic carbocycles. The largest absolute Gasteiger partial charge is 0.466 e. The maximum absolute atomic E-state index is 10.5. The van der Waals surface area contributed by atoms with Gasteiger partial charge in [0.25, 0.3) is 0 Å². The van der Waals surface area contributed by atoms with Crippen molar-refractivity contribution in [2.24, 2.45) is 0 Å². The average molecular weight is 204 g/mol. The van der Waals surface area contributed by atoms with Gasteiger partial charge in [0.15, 0.2) is 0 Å². The van der Waals surface area contributed by atoms with Crippen molar-refractivity contribution in [1.29, 1.82) is 0 Å². The number of hydrogen-bond donors (Lipinski definition) is 1. The molecule has 0 aromatic heterocycles. The number of carbonyl (C=O) groups is 1. The van der Waals surface area contributed by atoms with Gasteiger partial charge in [-0.2, -0.15) is 0 Å². The van der Waals surface area contributed by atoms with E-state index in [4.69, 9.17) is 9.84 Å². The van der Waals surface area contributed by atoms with Crippen LogP contribution < -0.4 is 0 Å². The zero-order valence-electron chi connectivity index (χ0n) is 9.71. The van der Waals surface area contributed by atoms with Crippen LogP contribution in [0.1, 0.15) is 52.9 Å². The number of carbonyl (C=O) groups excluding carboxylic acids is 1. The summed E-state index contributed by atoms with van der Waals surface area (Å²) in [6.45, 7) is 6.85. The van der Waals surface area contributed by atoms with Crippen LogP contribution in [0.3, 0.4) is 0 Å². The van der Waals surface area contributed by atoms with E-state index in [2.05, 4.69) is 13.8 Å². The molecule has 0 aliphatic heterocycles. The number of esters is 1. The van der Waals surface area contributed by atoms with Gasteiger partial charge in [0, 0.05) is 13.0 Å². The van der Waals surface area contributed by atoms with Crippen LogP contribution in [0, 0.1) is 0 Å². The van der Waals surface area contributed by atoms with Crippen molar-refractivity contribution >= 4 is 5.97 Å². The van der Waals surface area contributed by atoms with Crippen molar-refractivity contribution in [2.75, 3.05) is 13.2 Å². The fourth-order valence-corrected chi connectivity index (χ4v) is 0.591. The fraction of sp³-hybridized carbons (Fsp3) is 0.909. The topological polar surface area (TPSA) is 46.5 Å². The Morgan fingerprint density at radius 2 is 1.71 bits per heavy atom. The lowest BCUT2D eigenvalue weighted by Crippen LogP contribution is -2.02. The van der Waals surface area contributed by atoms with Gasteiger partial charge in [-0.05, 0) is 12.8 Å². The van der Waals surface area contributed by atoms with Gasteiger partial charge in [0.05, 0.1) is 6.61 Å². The highest BCUT2D eigenvalue weighted by atomic mass is 16.5. The maximum atomic E-state index is 10.5. The van der Waals surface area contributed by atoms with Crippen molar-refractivity contribution in [3.63, 3.8) is 0 Å². The normalized spacial score (nSPS) is 8.86. The second-order valence-electron chi connectivity index (χ2n) is 3.00. The third kappa shape index (κ3) is 17.5. The summed E-state index contributed by atoms with van der Waals surface area (Å²) in [5.74, 6) is -0.0940. The monoisotopic (exact) mass is 204 g/mol. The lowest BCUT2D eigenvalue weighted by Gasteiger charge is -1.99. The second kappa shape index (κ2) is 14.9. The van der Waals surface area contributed by atoms with E-state index >= 15 is 0 Å². The molecular formula is C11H24O3. The molecule has 0 amide bonds. The number of ether oxygens (including phenoxy) is 1. The molecular weight excluding hydrogens is 180 g/mol. The van der Waals surface area contributed by atoms with Gasteiger partial charge in [0.2, 0.25) is 0 Å². The number of rotatable bonds is 6. The summed E-state index contributed by atoms with van der Waals surface area (Å²) in [5, 5.41) is 8.07. The zero-order chi connectivity index (χ0) is 11.2. The first-order valence-electron chi connectivity index (χ1n) is 5.49. The third-order valence-electron chi connectivity index (χ3n) is 1.56. The lowest BCUT2D eigenvalue weighted by molar-refractivity contribution is -0.143. The number of aliphatic hydroxyl groups is 1. The predicted octanol–water partition coefficient (Wildman–Crippen LogP) is 2.52. The van der Waals surface area contributed by atoms with Crippen LogP contribution in [0.2, 0.25) is 0 Å². The smallest absolute Gasteiger partial charge is 0.305 e. The fourth-order valence-electron chi connectivity index (χ4n) is 0.591. The number of hydrogen-bond acceptors (Lipinski definition) is 3. The van der Waals surface area contributed by atoms with Crippen molar-refractivity contribution < 1.29 is 14.6 Å². The van der Waals surface area contributed by atoms with Gasteiger partial charge in [-0.15, -0.1) is 0 Å². The quantitative estimate of drug-likeness (QED) is 0.534. The van der Waals surface area contributed by atoms with Crippen LogP contribution in [0.25, 0.3) is 0 Å². The van der Waals surface area contributed by atoms with Crippen LogP contribution in [0.4, 0.5) is 0 Å². The van der Waals surface area contributed by atoms with Crippen molar-refractivity contribution in [2.45, 2.75) is 52.9 Å². The maximum Gasteiger partial charge on any atom is 0.305 e. The molecule has 3 heteroatoms. The summed E-state index contributed by atoms with van der Waals surface area (Å²) >= 11 is 0. The zero-order valence-corrected chi connectivity index (χ0v) is 9.71. The minimum Gasteiger partial charge on any atom is -0.466 e. The molecule has 0 unspecified atom stereocenters.